The molecule has 4 atom stereocenters. The summed E-state index contributed by atoms with van der Waals surface area (Å²) in [6.45, 7) is 4.29. The van der Waals surface area contributed by atoms with Gasteiger partial charge in [-0.25, -0.2) is 15.0 Å². The van der Waals surface area contributed by atoms with Gasteiger partial charge in [0.1, 0.15) is 11.4 Å². The highest BCUT2D eigenvalue weighted by atomic mass is 19.3. The molecule has 196 valence electrons. The maximum Gasteiger partial charge on any atom is 0.387 e. The number of ether oxygens (including phenoxy) is 1. The fourth-order valence-electron chi connectivity index (χ4n) is 6.01. The van der Waals surface area contributed by atoms with Crippen LogP contribution in [0.25, 0.3) is 16.8 Å². The molecule has 2 unspecified atom stereocenters. The number of para-hydroxylation sites is 1. The van der Waals surface area contributed by atoms with Crippen LogP contribution in [0.1, 0.15) is 35.4 Å². The largest absolute Gasteiger partial charge is 0.481 e. The first kappa shape index (κ1) is 24.3. The summed E-state index contributed by atoms with van der Waals surface area (Å²) in [5.74, 6) is -0.0881. The number of alkyl halides is 2. The zero-order chi connectivity index (χ0) is 26.7. The number of aryl methyl sites for hydroxylation is 2. The maximum atomic E-state index is 13.0. The average molecular weight is 520 g/mol. The first-order valence-corrected chi connectivity index (χ1v) is 12.6. The molecule has 10 heteroatoms. The Morgan fingerprint density at radius 2 is 1.82 bits per heavy atom. The van der Waals surface area contributed by atoms with Crippen LogP contribution in [0.5, 0.6) is 5.75 Å². The number of fused-ring (bicyclic) bond motifs is 2. The fraction of sp³-hybridized carbons (Fsp3) is 0.357. The molecule has 2 aliphatic rings. The molecule has 2 fully saturated rings. The Hall–Kier alpha value is -4.08. The highest BCUT2D eigenvalue weighted by Gasteiger charge is 2.60. The fourth-order valence-corrected chi connectivity index (χ4v) is 6.01. The number of imidazole rings is 1. The summed E-state index contributed by atoms with van der Waals surface area (Å²) in [6.07, 6.45) is 5.56. The van der Waals surface area contributed by atoms with Crippen LogP contribution in [0, 0.1) is 31.6 Å². The molecule has 1 N–H and O–H groups in total. The lowest BCUT2D eigenvalue weighted by molar-refractivity contribution is -0.139. The van der Waals surface area contributed by atoms with Crippen LogP contribution < -0.4 is 9.64 Å². The molecule has 4 aromatic rings. The standard InChI is InChI=1S/C28H27F2N5O3/c1-14-8-23-33-16(3)25(15(2)18-6-4-5-7-22(18)38-27(29)30)35(23)13-19(14)17-9-31-28(32-10-17)34-11-20-21(12-34)24(20)26(36)37/h4-10,13,15,20-21,24,27H,11-12H2,1-3H3,(H,36,37)/t15?,20-,21+,24?. The van der Waals surface area contributed by atoms with Crippen LogP contribution in [-0.2, 0) is 4.79 Å². The minimum Gasteiger partial charge on any atom is -0.481 e. The van der Waals surface area contributed by atoms with Crippen LogP contribution >= 0.6 is 0 Å². The molecule has 0 radical (unpaired) electrons. The number of halogens is 2. The monoisotopic (exact) mass is 519 g/mol. The van der Waals surface area contributed by atoms with Crippen molar-refractivity contribution in [3.8, 4) is 16.9 Å². The number of carbonyl (C=O) groups is 1. The average Bonchev–Trinajstić information content (AvgIpc) is 3.21. The highest BCUT2D eigenvalue weighted by Crippen LogP contribution is 2.52. The van der Waals surface area contributed by atoms with Gasteiger partial charge in [-0.05, 0) is 43.4 Å². The number of anilines is 1. The smallest absolute Gasteiger partial charge is 0.387 e. The van der Waals surface area contributed by atoms with Gasteiger partial charge in [-0.1, -0.05) is 25.1 Å². The Balaban J connectivity index is 1.31. The van der Waals surface area contributed by atoms with Crippen molar-refractivity contribution in [2.45, 2.75) is 33.3 Å². The first-order valence-electron chi connectivity index (χ1n) is 12.6. The molecule has 1 saturated carbocycles. The lowest BCUT2D eigenvalue weighted by Crippen LogP contribution is -2.27. The number of piperidine rings is 1. The van der Waals surface area contributed by atoms with Crippen molar-refractivity contribution in [2.75, 3.05) is 18.0 Å². The second-order valence-corrected chi connectivity index (χ2v) is 10.2. The molecule has 3 aromatic heterocycles. The van der Waals surface area contributed by atoms with Gasteiger partial charge >= 0.3 is 12.6 Å². The summed E-state index contributed by atoms with van der Waals surface area (Å²) in [6, 6.07) is 8.83. The number of hydrogen-bond acceptors (Lipinski definition) is 6. The second kappa shape index (κ2) is 9.04. The molecule has 0 amide bonds. The van der Waals surface area contributed by atoms with Gasteiger partial charge < -0.3 is 19.1 Å². The number of aromatic nitrogens is 4. The molecule has 1 aliphatic carbocycles. The number of aliphatic carboxylic acids is 1. The summed E-state index contributed by atoms with van der Waals surface area (Å²) in [4.78, 5) is 27.2. The van der Waals surface area contributed by atoms with E-state index in [1.165, 1.54) is 0 Å². The molecule has 1 aliphatic heterocycles. The lowest BCUT2D eigenvalue weighted by Gasteiger charge is -2.19. The van der Waals surface area contributed by atoms with Gasteiger partial charge in [0, 0.05) is 54.3 Å². The van der Waals surface area contributed by atoms with Crippen LogP contribution in [0.15, 0.2) is 48.9 Å². The van der Waals surface area contributed by atoms with Crippen molar-refractivity contribution in [3.05, 3.63) is 71.4 Å². The second-order valence-electron chi connectivity index (χ2n) is 10.2. The van der Waals surface area contributed by atoms with Gasteiger partial charge in [0.25, 0.3) is 0 Å². The minimum atomic E-state index is -2.91. The van der Waals surface area contributed by atoms with Gasteiger partial charge in [0.05, 0.1) is 17.3 Å². The summed E-state index contributed by atoms with van der Waals surface area (Å²) >= 11 is 0. The van der Waals surface area contributed by atoms with Crippen molar-refractivity contribution >= 4 is 17.6 Å². The van der Waals surface area contributed by atoms with E-state index in [4.69, 9.17) is 9.72 Å². The molecule has 1 saturated heterocycles. The Morgan fingerprint density at radius 1 is 1.13 bits per heavy atom. The van der Waals surface area contributed by atoms with E-state index in [0.717, 1.165) is 33.7 Å². The Bertz CT molecular complexity index is 1530. The third kappa shape index (κ3) is 4.04. The Morgan fingerprint density at radius 3 is 2.47 bits per heavy atom. The highest BCUT2D eigenvalue weighted by molar-refractivity contribution is 5.75. The van der Waals surface area contributed by atoms with E-state index in [0.29, 0.717) is 24.6 Å². The first-order chi connectivity index (χ1) is 18.2. The van der Waals surface area contributed by atoms with Crippen molar-refractivity contribution in [1.82, 2.24) is 19.4 Å². The van der Waals surface area contributed by atoms with E-state index in [1.807, 2.05) is 48.4 Å². The minimum absolute atomic E-state index is 0.148. The zero-order valence-electron chi connectivity index (χ0n) is 21.2. The van der Waals surface area contributed by atoms with E-state index in [1.54, 1.807) is 30.6 Å². The molecule has 6 rings (SSSR count). The third-order valence-electron chi connectivity index (χ3n) is 7.91. The third-order valence-corrected chi connectivity index (χ3v) is 7.91. The Kier molecular flexibility index (Phi) is 5.77. The molecule has 1 aromatic carbocycles. The number of pyridine rings is 1. The molecular formula is C28H27F2N5O3. The topological polar surface area (TPSA) is 92.9 Å². The van der Waals surface area contributed by atoms with Crippen molar-refractivity contribution < 1.29 is 23.4 Å². The number of carboxylic acids is 1. The SMILES string of the molecule is Cc1cc2nc(C)c(C(C)c3ccccc3OC(F)F)n2cc1-c1cnc(N2C[C@@H]3C(C(=O)O)[C@@H]3C2)nc1. The number of benzene rings is 1. The maximum absolute atomic E-state index is 13.0. The number of nitrogens with zero attached hydrogens (tertiary/aromatic N) is 5. The predicted octanol–water partition coefficient (Wildman–Crippen LogP) is 4.93. The summed E-state index contributed by atoms with van der Waals surface area (Å²) in [7, 11) is 0. The van der Waals surface area contributed by atoms with Crippen molar-refractivity contribution in [1.29, 1.82) is 0 Å². The summed E-state index contributed by atoms with van der Waals surface area (Å²) < 4.78 is 32.9. The molecular weight excluding hydrogens is 492 g/mol. The van der Waals surface area contributed by atoms with Gasteiger partial charge in [-0.2, -0.15) is 8.78 Å². The molecule has 0 spiro atoms. The van der Waals surface area contributed by atoms with Crippen LogP contribution in [0.4, 0.5) is 14.7 Å². The van der Waals surface area contributed by atoms with Crippen molar-refractivity contribution in [3.63, 3.8) is 0 Å². The summed E-state index contributed by atoms with van der Waals surface area (Å²) in [5.41, 5.74) is 5.88. The number of rotatable bonds is 7. The van der Waals surface area contributed by atoms with Crippen LogP contribution in [0.2, 0.25) is 0 Å². The lowest BCUT2D eigenvalue weighted by atomic mass is 9.95. The van der Waals surface area contributed by atoms with Gasteiger partial charge in [-0.3, -0.25) is 4.79 Å². The van der Waals surface area contributed by atoms with E-state index >= 15 is 0 Å². The van der Waals surface area contributed by atoms with E-state index in [-0.39, 0.29) is 29.4 Å². The molecule has 4 heterocycles. The van der Waals surface area contributed by atoms with Crippen molar-refractivity contribution in [2.24, 2.45) is 17.8 Å². The van der Waals surface area contributed by atoms with Crippen LogP contribution in [0.3, 0.4) is 0 Å². The predicted molar refractivity (Wildman–Crippen MR) is 137 cm³/mol. The molecule has 0 bridgehead atoms. The zero-order valence-corrected chi connectivity index (χ0v) is 21.2. The molecule has 8 nitrogen and oxygen atoms in total. The Labute approximate surface area is 217 Å². The van der Waals surface area contributed by atoms with E-state index in [2.05, 4.69) is 9.97 Å². The number of hydrogen-bond donors (Lipinski definition) is 1. The van der Waals surface area contributed by atoms with Gasteiger partial charge in [-0.15, -0.1) is 0 Å². The van der Waals surface area contributed by atoms with Gasteiger partial charge in [0.2, 0.25) is 5.95 Å². The van der Waals surface area contributed by atoms with Crippen LogP contribution in [-0.4, -0.2) is 50.1 Å². The van der Waals surface area contributed by atoms with E-state index in [9.17, 15) is 18.7 Å². The number of carboxylic acid groups (broad SMARTS) is 1. The van der Waals surface area contributed by atoms with E-state index < -0.39 is 12.6 Å². The quantitative estimate of drug-likeness (QED) is 0.370. The normalized spacial score (nSPS) is 21.1. The summed E-state index contributed by atoms with van der Waals surface area (Å²) in [5, 5.41) is 9.26. The van der Waals surface area contributed by atoms with Gasteiger partial charge in [0.15, 0.2) is 0 Å². The molecule has 38 heavy (non-hydrogen) atoms.